The highest BCUT2D eigenvalue weighted by Crippen LogP contribution is 2.11. The third-order valence-electron chi connectivity index (χ3n) is 2.65. The Kier molecular flexibility index (Phi) is 5.46. The molecule has 0 bridgehead atoms. The molecule has 0 heterocycles. The highest BCUT2D eigenvalue weighted by molar-refractivity contribution is 7.90. The molecule has 0 aromatic heterocycles. The standard InChI is InChI=1S/C12H18FN3O3S/c1-8(7-20(2,18)19)15-6-9-3-4-10(13)5-11(9)12(14)16-17/h3-5,8,15,17H,6-7H2,1-2H3,(H2,14,16). The van der Waals surface area contributed by atoms with Crippen molar-refractivity contribution < 1.29 is 18.0 Å². The van der Waals surface area contributed by atoms with Gasteiger partial charge in [-0.25, -0.2) is 12.8 Å². The van der Waals surface area contributed by atoms with Gasteiger partial charge in [-0.1, -0.05) is 11.2 Å². The number of rotatable bonds is 6. The number of nitrogens with zero attached hydrogens (tertiary/aromatic N) is 1. The van der Waals surface area contributed by atoms with Crippen molar-refractivity contribution in [3.63, 3.8) is 0 Å². The maximum atomic E-state index is 13.2. The van der Waals surface area contributed by atoms with E-state index in [1.54, 1.807) is 6.92 Å². The maximum absolute atomic E-state index is 13.2. The fraction of sp³-hybridized carbons (Fsp3) is 0.417. The lowest BCUT2D eigenvalue weighted by Crippen LogP contribution is -2.33. The molecule has 4 N–H and O–H groups in total. The van der Waals surface area contributed by atoms with Crippen molar-refractivity contribution in [1.29, 1.82) is 0 Å². The van der Waals surface area contributed by atoms with Crippen LogP contribution in [0.15, 0.2) is 23.4 Å². The zero-order valence-corrected chi connectivity index (χ0v) is 12.1. The first kappa shape index (κ1) is 16.4. The molecule has 0 aliphatic heterocycles. The van der Waals surface area contributed by atoms with Gasteiger partial charge in [0.2, 0.25) is 0 Å². The molecule has 8 heteroatoms. The van der Waals surface area contributed by atoms with Crippen LogP contribution in [-0.2, 0) is 16.4 Å². The molecular weight excluding hydrogens is 285 g/mol. The summed E-state index contributed by atoms with van der Waals surface area (Å²) in [5.74, 6) is -0.704. The third-order valence-corrected chi connectivity index (χ3v) is 3.75. The molecule has 20 heavy (non-hydrogen) atoms. The van der Waals surface area contributed by atoms with Crippen molar-refractivity contribution in [2.24, 2.45) is 10.9 Å². The van der Waals surface area contributed by atoms with Gasteiger partial charge >= 0.3 is 0 Å². The second-order valence-corrected chi connectivity index (χ2v) is 6.85. The number of sulfone groups is 1. The predicted molar refractivity (Wildman–Crippen MR) is 74.9 cm³/mol. The minimum Gasteiger partial charge on any atom is -0.409 e. The molecule has 1 unspecified atom stereocenters. The summed E-state index contributed by atoms with van der Waals surface area (Å²) in [4.78, 5) is 0. The largest absolute Gasteiger partial charge is 0.409 e. The SMILES string of the molecule is CC(CS(C)(=O)=O)NCc1ccc(F)cc1C(N)=NO. The Balaban J connectivity index is 2.83. The van der Waals surface area contributed by atoms with Crippen LogP contribution in [0.25, 0.3) is 0 Å². The minimum absolute atomic E-state index is 0.00685. The Morgan fingerprint density at radius 1 is 1.55 bits per heavy atom. The van der Waals surface area contributed by atoms with Crippen molar-refractivity contribution in [3.8, 4) is 0 Å². The average Bonchev–Trinajstić information content (AvgIpc) is 2.34. The number of nitrogens with one attached hydrogen (secondary N) is 1. The smallest absolute Gasteiger partial charge is 0.170 e. The molecule has 1 aromatic carbocycles. The van der Waals surface area contributed by atoms with Crippen LogP contribution in [-0.4, -0.2) is 37.5 Å². The molecule has 0 radical (unpaired) electrons. The van der Waals surface area contributed by atoms with E-state index in [1.807, 2.05) is 0 Å². The van der Waals surface area contributed by atoms with Crippen LogP contribution in [0.3, 0.4) is 0 Å². The van der Waals surface area contributed by atoms with Crippen molar-refractivity contribution in [2.75, 3.05) is 12.0 Å². The quantitative estimate of drug-likeness (QED) is 0.306. The van der Waals surface area contributed by atoms with Gasteiger partial charge in [0, 0.05) is 24.4 Å². The van der Waals surface area contributed by atoms with Crippen LogP contribution in [0.5, 0.6) is 0 Å². The lowest BCUT2D eigenvalue weighted by molar-refractivity contribution is 0.318. The van der Waals surface area contributed by atoms with Gasteiger partial charge in [0.1, 0.15) is 15.7 Å². The molecule has 0 saturated heterocycles. The van der Waals surface area contributed by atoms with E-state index in [-0.39, 0.29) is 29.7 Å². The van der Waals surface area contributed by atoms with Crippen LogP contribution in [0.1, 0.15) is 18.1 Å². The van der Waals surface area contributed by atoms with Crippen molar-refractivity contribution in [3.05, 3.63) is 35.1 Å². The molecule has 0 fully saturated rings. The molecule has 1 aromatic rings. The molecule has 0 amide bonds. The second-order valence-electron chi connectivity index (χ2n) is 4.66. The van der Waals surface area contributed by atoms with E-state index >= 15 is 0 Å². The maximum Gasteiger partial charge on any atom is 0.170 e. The minimum atomic E-state index is -3.08. The number of oxime groups is 1. The molecule has 6 nitrogen and oxygen atoms in total. The van der Waals surface area contributed by atoms with Crippen LogP contribution in [0.2, 0.25) is 0 Å². The van der Waals surface area contributed by atoms with E-state index < -0.39 is 15.7 Å². The summed E-state index contributed by atoms with van der Waals surface area (Å²) in [6.45, 7) is 2.01. The van der Waals surface area contributed by atoms with Crippen LogP contribution in [0.4, 0.5) is 4.39 Å². The van der Waals surface area contributed by atoms with Crippen molar-refractivity contribution >= 4 is 15.7 Å². The Bertz CT molecular complexity index is 602. The van der Waals surface area contributed by atoms with Crippen LogP contribution < -0.4 is 11.1 Å². The van der Waals surface area contributed by atoms with Gasteiger partial charge < -0.3 is 16.3 Å². The molecule has 0 aliphatic carbocycles. The van der Waals surface area contributed by atoms with Crippen LogP contribution in [0, 0.1) is 5.82 Å². The Labute approximate surface area is 117 Å². The first-order valence-corrected chi connectivity index (χ1v) is 7.96. The molecular formula is C12H18FN3O3S. The molecule has 0 spiro atoms. The van der Waals surface area contributed by atoms with Gasteiger partial charge in [-0.15, -0.1) is 0 Å². The summed E-state index contributed by atoms with van der Waals surface area (Å²) in [6.07, 6.45) is 1.16. The Morgan fingerprint density at radius 3 is 2.75 bits per heavy atom. The first-order chi connectivity index (χ1) is 9.23. The average molecular weight is 303 g/mol. The molecule has 0 aliphatic rings. The molecule has 112 valence electrons. The fourth-order valence-electron chi connectivity index (χ4n) is 1.79. The summed E-state index contributed by atoms with van der Waals surface area (Å²) in [6, 6.07) is 3.65. The lowest BCUT2D eigenvalue weighted by atomic mass is 10.1. The van der Waals surface area contributed by atoms with Gasteiger partial charge in [0.15, 0.2) is 5.84 Å². The van der Waals surface area contributed by atoms with E-state index in [0.717, 1.165) is 12.3 Å². The van der Waals surface area contributed by atoms with Crippen LogP contribution >= 0.6 is 0 Å². The predicted octanol–water partition coefficient (Wildman–Crippen LogP) is 0.443. The van der Waals surface area contributed by atoms with E-state index in [9.17, 15) is 12.8 Å². The lowest BCUT2D eigenvalue weighted by Gasteiger charge is -2.14. The number of nitrogens with two attached hydrogens (primary N) is 1. The number of amidine groups is 1. The summed E-state index contributed by atoms with van der Waals surface area (Å²) in [5.41, 5.74) is 6.36. The number of hydrogen-bond donors (Lipinski definition) is 3. The van der Waals surface area contributed by atoms with Crippen molar-refractivity contribution in [1.82, 2.24) is 5.32 Å². The van der Waals surface area contributed by atoms with E-state index in [0.29, 0.717) is 5.56 Å². The van der Waals surface area contributed by atoms with Gasteiger partial charge in [-0.2, -0.15) is 0 Å². The zero-order chi connectivity index (χ0) is 15.3. The highest BCUT2D eigenvalue weighted by atomic mass is 32.2. The highest BCUT2D eigenvalue weighted by Gasteiger charge is 2.12. The van der Waals surface area contributed by atoms with E-state index in [1.165, 1.54) is 12.1 Å². The third kappa shape index (κ3) is 5.14. The zero-order valence-electron chi connectivity index (χ0n) is 11.3. The number of hydrogen-bond acceptors (Lipinski definition) is 5. The summed E-state index contributed by atoms with van der Waals surface area (Å²) in [5, 5.41) is 14.5. The molecule has 1 atom stereocenters. The summed E-state index contributed by atoms with van der Waals surface area (Å²) >= 11 is 0. The van der Waals surface area contributed by atoms with Crippen molar-refractivity contribution in [2.45, 2.75) is 19.5 Å². The summed E-state index contributed by atoms with van der Waals surface area (Å²) in [7, 11) is -3.08. The first-order valence-electron chi connectivity index (χ1n) is 5.90. The van der Waals surface area contributed by atoms with Gasteiger partial charge in [-0.3, -0.25) is 0 Å². The monoisotopic (exact) mass is 303 g/mol. The van der Waals surface area contributed by atoms with Gasteiger partial charge in [0.05, 0.1) is 5.75 Å². The van der Waals surface area contributed by atoms with Gasteiger partial charge in [0.25, 0.3) is 0 Å². The Hall–Kier alpha value is -1.67. The number of benzene rings is 1. The Morgan fingerprint density at radius 2 is 2.20 bits per heavy atom. The topological polar surface area (TPSA) is 105 Å². The summed E-state index contributed by atoms with van der Waals surface area (Å²) < 4.78 is 35.5. The second kappa shape index (κ2) is 6.67. The van der Waals surface area contributed by atoms with E-state index in [4.69, 9.17) is 10.9 Å². The normalized spacial score (nSPS) is 14.2. The fourth-order valence-corrected chi connectivity index (χ4v) is 2.82. The number of halogens is 1. The van der Waals surface area contributed by atoms with E-state index in [2.05, 4.69) is 10.5 Å². The molecule has 0 saturated carbocycles. The van der Waals surface area contributed by atoms with Gasteiger partial charge in [-0.05, 0) is 24.6 Å². The molecule has 1 rings (SSSR count).